The van der Waals surface area contributed by atoms with Crippen LogP contribution in [0.1, 0.15) is 80.8 Å². The van der Waals surface area contributed by atoms with Crippen molar-refractivity contribution in [3.05, 3.63) is 83.9 Å². The van der Waals surface area contributed by atoms with E-state index in [1.54, 1.807) is 19.2 Å². The lowest BCUT2D eigenvalue weighted by Crippen LogP contribution is -2.08. The van der Waals surface area contributed by atoms with Gasteiger partial charge in [0.05, 0.1) is 18.3 Å². The predicted octanol–water partition coefficient (Wildman–Crippen LogP) is 8.41. The summed E-state index contributed by atoms with van der Waals surface area (Å²) in [6, 6.07) is 23.0. The Balaban J connectivity index is 1.44. The van der Waals surface area contributed by atoms with Crippen LogP contribution in [0.25, 0.3) is 11.1 Å². The van der Waals surface area contributed by atoms with Crippen molar-refractivity contribution in [1.29, 1.82) is 0 Å². The number of unbranched alkanes of at least 4 members (excludes halogenated alkanes) is 6. The normalized spacial score (nSPS) is 11.7. The highest BCUT2D eigenvalue weighted by Gasteiger charge is 2.10. The first-order chi connectivity index (χ1) is 17.1. The molecule has 0 aromatic heterocycles. The van der Waals surface area contributed by atoms with E-state index in [1.165, 1.54) is 38.5 Å². The Morgan fingerprint density at radius 2 is 1.26 bits per heavy atom. The lowest BCUT2D eigenvalue weighted by molar-refractivity contribution is 0.0734. The van der Waals surface area contributed by atoms with Crippen LogP contribution < -0.4 is 9.47 Å². The second-order valence-corrected chi connectivity index (χ2v) is 8.91. The summed E-state index contributed by atoms with van der Waals surface area (Å²) in [6.45, 7) is 4.97. The summed E-state index contributed by atoms with van der Waals surface area (Å²) in [6.07, 6.45) is 8.86. The van der Waals surface area contributed by atoms with E-state index in [1.807, 2.05) is 43.3 Å². The Morgan fingerprint density at radius 3 is 1.86 bits per heavy atom. The fraction of sp³-hybridized carbons (Fsp3) is 0.387. The zero-order chi connectivity index (χ0) is 24.9. The quantitative estimate of drug-likeness (QED) is 0.134. The molecule has 186 valence electrons. The Kier molecular flexibility index (Phi) is 10.8. The third-order valence-corrected chi connectivity index (χ3v) is 6.24. The van der Waals surface area contributed by atoms with Crippen molar-refractivity contribution in [3.8, 4) is 22.6 Å². The van der Waals surface area contributed by atoms with Crippen LogP contribution in [0.15, 0.2) is 72.8 Å². The van der Waals surface area contributed by atoms with E-state index >= 15 is 0 Å². The van der Waals surface area contributed by atoms with Crippen LogP contribution in [0.5, 0.6) is 11.5 Å². The standard InChI is InChI=1S/C31H38O4/c1-4-5-6-7-8-9-10-23-34-29-19-17-28(18-20-29)31(32)35-30-21-15-27(16-22-30)26-13-11-25(12-14-26)24(2)33-3/h11-22,24H,4-10,23H2,1-3H3. The first kappa shape index (κ1) is 26.5. The van der Waals surface area contributed by atoms with Crippen LogP contribution in [0, 0.1) is 0 Å². The second kappa shape index (κ2) is 14.3. The number of hydrogen-bond donors (Lipinski definition) is 0. The number of carbonyl (C=O) groups is 1. The summed E-state index contributed by atoms with van der Waals surface area (Å²) in [5.74, 6) is 0.916. The molecular formula is C31H38O4. The van der Waals surface area contributed by atoms with Crippen LogP contribution in [0.4, 0.5) is 0 Å². The molecule has 3 rings (SSSR count). The van der Waals surface area contributed by atoms with Gasteiger partial charge in [0.1, 0.15) is 11.5 Å². The lowest BCUT2D eigenvalue weighted by atomic mass is 10.0. The van der Waals surface area contributed by atoms with E-state index in [9.17, 15) is 4.79 Å². The summed E-state index contributed by atoms with van der Waals surface area (Å²) < 4.78 is 16.7. The van der Waals surface area contributed by atoms with Crippen molar-refractivity contribution >= 4 is 5.97 Å². The average molecular weight is 475 g/mol. The molecule has 35 heavy (non-hydrogen) atoms. The lowest BCUT2D eigenvalue weighted by Gasteiger charge is -2.11. The van der Waals surface area contributed by atoms with Gasteiger partial charge in [-0.05, 0) is 66.4 Å². The van der Waals surface area contributed by atoms with Gasteiger partial charge in [0.2, 0.25) is 0 Å². The van der Waals surface area contributed by atoms with Crippen LogP contribution >= 0.6 is 0 Å². The van der Waals surface area contributed by atoms with Gasteiger partial charge in [0, 0.05) is 7.11 Å². The molecule has 0 fully saturated rings. The molecule has 0 saturated carbocycles. The minimum absolute atomic E-state index is 0.0663. The Labute approximate surface area is 210 Å². The SMILES string of the molecule is CCCCCCCCCOc1ccc(C(=O)Oc2ccc(-c3ccc(C(C)OC)cc3)cc2)cc1. The van der Waals surface area contributed by atoms with E-state index in [2.05, 4.69) is 31.2 Å². The highest BCUT2D eigenvalue weighted by molar-refractivity contribution is 5.91. The zero-order valence-corrected chi connectivity index (χ0v) is 21.3. The van der Waals surface area contributed by atoms with E-state index < -0.39 is 0 Å². The van der Waals surface area contributed by atoms with Gasteiger partial charge in [-0.15, -0.1) is 0 Å². The molecule has 0 saturated heterocycles. The van der Waals surface area contributed by atoms with Crippen molar-refractivity contribution in [2.24, 2.45) is 0 Å². The fourth-order valence-electron chi connectivity index (χ4n) is 3.90. The van der Waals surface area contributed by atoms with Gasteiger partial charge >= 0.3 is 5.97 Å². The van der Waals surface area contributed by atoms with Crippen molar-refractivity contribution in [2.45, 2.75) is 64.9 Å². The van der Waals surface area contributed by atoms with Gasteiger partial charge in [-0.3, -0.25) is 0 Å². The average Bonchev–Trinajstić information content (AvgIpc) is 2.90. The van der Waals surface area contributed by atoms with E-state index in [-0.39, 0.29) is 12.1 Å². The number of ether oxygens (including phenoxy) is 3. The molecular weight excluding hydrogens is 436 g/mol. The molecule has 0 aliphatic heterocycles. The maximum Gasteiger partial charge on any atom is 0.343 e. The third kappa shape index (κ3) is 8.56. The van der Waals surface area contributed by atoms with E-state index in [0.29, 0.717) is 17.9 Å². The number of rotatable bonds is 14. The Hall–Kier alpha value is -3.11. The van der Waals surface area contributed by atoms with Gasteiger partial charge in [0.15, 0.2) is 0 Å². The van der Waals surface area contributed by atoms with Crippen molar-refractivity contribution in [2.75, 3.05) is 13.7 Å². The third-order valence-electron chi connectivity index (χ3n) is 6.24. The first-order valence-corrected chi connectivity index (χ1v) is 12.8. The molecule has 4 nitrogen and oxygen atoms in total. The maximum absolute atomic E-state index is 12.5. The largest absolute Gasteiger partial charge is 0.494 e. The molecule has 0 bridgehead atoms. The van der Waals surface area contributed by atoms with E-state index in [4.69, 9.17) is 14.2 Å². The molecule has 3 aromatic rings. The minimum atomic E-state index is -0.380. The molecule has 0 heterocycles. The number of hydrogen-bond acceptors (Lipinski definition) is 4. The second-order valence-electron chi connectivity index (χ2n) is 8.91. The molecule has 0 N–H and O–H groups in total. The molecule has 1 atom stereocenters. The fourth-order valence-corrected chi connectivity index (χ4v) is 3.90. The smallest absolute Gasteiger partial charge is 0.343 e. The van der Waals surface area contributed by atoms with Crippen molar-refractivity contribution < 1.29 is 19.0 Å². The van der Waals surface area contributed by atoms with Gasteiger partial charge in [-0.25, -0.2) is 4.79 Å². The molecule has 3 aromatic carbocycles. The maximum atomic E-state index is 12.5. The number of benzene rings is 3. The monoisotopic (exact) mass is 474 g/mol. The summed E-state index contributed by atoms with van der Waals surface area (Å²) in [7, 11) is 1.71. The van der Waals surface area contributed by atoms with Crippen molar-refractivity contribution in [1.82, 2.24) is 0 Å². The summed E-state index contributed by atoms with van der Waals surface area (Å²) in [5.41, 5.74) is 3.79. The Bertz CT molecular complexity index is 1010. The van der Waals surface area contributed by atoms with Gasteiger partial charge in [-0.2, -0.15) is 0 Å². The van der Waals surface area contributed by atoms with Gasteiger partial charge in [0.25, 0.3) is 0 Å². The number of methoxy groups -OCH3 is 1. The molecule has 1 unspecified atom stereocenters. The van der Waals surface area contributed by atoms with Gasteiger partial charge < -0.3 is 14.2 Å². The van der Waals surface area contributed by atoms with E-state index in [0.717, 1.165) is 28.9 Å². The predicted molar refractivity (Wildman–Crippen MR) is 142 cm³/mol. The zero-order valence-electron chi connectivity index (χ0n) is 21.3. The van der Waals surface area contributed by atoms with Gasteiger partial charge in [-0.1, -0.05) is 81.8 Å². The molecule has 0 aliphatic rings. The minimum Gasteiger partial charge on any atom is -0.494 e. The van der Waals surface area contributed by atoms with Crippen LogP contribution in [0.3, 0.4) is 0 Å². The number of esters is 1. The topological polar surface area (TPSA) is 44.8 Å². The molecule has 0 aliphatic carbocycles. The summed E-state index contributed by atoms with van der Waals surface area (Å²) in [5, 5.41) is 0. The molecule has 4 heteroatoms. The van der Waals surface area contributed by atoms with Crippen LogP contribution in [-0.4, -0.2) is 19.7 Å². The highest BCUT2D eigenvalue weighted by Crippen LogP contribution is 2.25. The summed E-state index contributed by atoms with van der Waals surface area (Å²) in [4.78, 5) is 12.5. The summed E-state index contributed by atoms with van der Waals surface area (Å²) >= 11 is 0. The molecule has 0 amide bonds. The number of carbonyl (C=O) groups excluding carboxylic acids is 1. The first-order valence-electron chi connectivity index (χ1n) is 12.8. The van der Waals surface area contributed by atoms with Crippen LogP contribution in [0.2, 0.25) is 0 Å². The molecule has 0 spiro atoms. The highest BCUT2D eigenvalue weighted by atomic mass is 16.5. The van der Waals surface area contributed by atoms with Crippen molar-refractivity contribution in [3.63, 3.8) is 0 Å². The van der Waals surface area contributed by atoms with Crippen LogP contribution in [-0.2, 0) is 4.74 Å². The molecule has 0 radical (unpaired) electrons. The Morgan fingerprint density at radius 1 is 0.714 bits per heavy atom.